The lowest BCUT2D eigenvalue weighted by atomic mass is 10.1. The Labute approximate surface area is 117 Å². The van der Waals surface area contributed by atoms with Gasteiger partial charge in [-0.25, -0.2) is 4.98 Å². The maximum absolute atomic E-state index is 5.78. The van der Waals surface area contributed by atoms with Crippen LogP contribution in [0.5, 0.6) is 5.75 Å². The molecule has 0 amide bonds. The predicted molar refractivity (Wildman–Crippen MR) is 81.9 cm³/mol. The van der Waals surface area contributed by atoms with Crippen LogP contribution in [0.15, 0.2) is 36.4 Å². The molecule has 0 aliphatic rings. The van der Waals surface area contributed by atoms with Crippen LogP contribution >= 0.6 is 0 Å². The number of nitrogen functional groups attached to an aromatic ring is 1. The third-order valence-corrected chi connectivity index (χ3v) is 3.44. The highest BCUT2D eigenvalue weighted by Gasteiger charge is 2.11. The highest BCUT2D eigenvalue weighted by atomic mass is 16.5. The third kappa shape index (κ3) is 2.09. The van der Waals surface area contributed by atoms with E-state index < -0.39 is 0 Å². The van der Waals surface area contributed by atoms with Crippen molar-refractivity contribution in [1.82, 2.24) is 9.97 Å². The van der Waals surface area contributed by atoms with Crippen LogP contribution in [0.3, 0.4) is 0 Å². The Kier molecular flexibility index (Phi) is 3.06. The Morgan fingerprint density at radius 3 is 2.80 bits per heavy atom. The van der Waals surface area contributed by atoms with Gasteiger partial charge < -0.3 is 15.5 Å². The van der Waals surface area contributed by atoms with E-state index in [9.17, 15) is 0 Å². The SMILES string of the molecule is CCc1ccc2nc(-c3ccc(N)cc3OC)[nH]c2c1. The molecule has 3 rings (SSSR count). The number of fused-ring (bicyclic) bond motifs is 1. The summed E-state index contributed by atoms with van der Waals surface area (Å²) in [7, 11) is 1.64. The van der Waals surface area contributed by atoms with E-state index in [-0.39, 0.29) is 0 Å². The molecule has 20 heavy (non-hydrogen) atoms. The molecule has 0 radical (unpaired) electrons. The molecule has 3 aromatic rings. The molecular formula is C16H17N3O. The number of anilines is 1. The molecule has 0 unspecified atom stereocenters. The lowest BCUT2D eigenvalue weighted by molar-refractivity contribution is 0.416. The van der Waals surface area contributed by atoms with Crippen LogP contribution in [0.1, 0.15) is 12.5 Å². The Hall–Kier alpha value is -2.49. The van der Waals surface area contributed by atoms with Crippen LogP contribution < -0.4 is 10.5 Å². The van der Waals surface area contributed by atoms with E-state index in [1.165, 1.54) is 5.56 Å². The summed E-state index contributed by atoms with van der Waals surface area (Å²) < 4.78 is 5.38. The molecular weight excluding hydrogens is 250 g/mol. The van der Waals surface area contributed by atoms with Gasteiger partial charge in [0.2, 0.25) is 0 Å². The van der Waals surface area contributed by atoms with Crippen LogP contribution in [0.25, 0.3) is 22.4 Å². The molecule has 0 fully saturated rings. The van der Waals surface area contributed by atoms with E-state index >= 15 is 0 Å². The number of hydrogen-bond donors (Lipinski definition) is 2. The van der Waals surface area contributed by atoms with Crippen molar-refractivity contribution in [1.29, 1.82) is 0 Å². The van der Waals surface area contributed by atoms with E-state index in [1.54, 1.807) is 13.2 Å². The van der Waals surface area contributed by atoms with Crippen LogP contribution in [0, 0.1) is 0 Å². The first-order valence-electron chi connectivity index (χ1n) is 6.63. The molecule has 4 nitrogen and oxygen atoms in total. The first-order valence-corrected chi connectivity index (χ1v) is 6.63. The molecule has 0 bridgehead atoms. The van der Waals surface area contributed by atoms with Crippen molar-refractivity contribution < 1.29 is 4.74 Å². The second-order valence-corrected chi connectivity index (χ2v) is 4.75. The smallest absolute Gasteiger partial charge is 0.142 e. The number of imidazole rings is 1. The zero-order valence-corrected chi connectivity index (χ0v) is 11.6. The number of aryl methyl sites for hydroxylation is 1. The van der Waals surface area contributed by atoms with E-state index in [1.807, 2.05) is 18.2 Å². The zero-order valence-electron chi connectivity index (χ0n) is 11.6. The third-order valence-electron chi connectivity index (χ3n) is 3.44. The lowest BCUT2D eigenvalue weighted by Crippen LogP contribution is -1.92. The van der Waals surface area contributed by atoms with E-state index in [2.05, 4.69) is 29.0 Å². The van der Waals surface area contributed by atoms with Gasteiger partial charge in [0.15, 0.2) is 0 Å². The summed E-state index contributed by atoms with van der Waals surface area (Å²) in [5.74, 6) is 1.52. The fraction of sp³-hybridized carbons (Fsp3) is 0.188. The molecule has 2 aromatic carbocycles. The highest BCUT2D eigenvalue weighted by Crippen LogP contribution is 2.31. The summed E-state index contributed by atoms with van der Waals surface area (Å²) in [6, 6.07) is 11.9. The quantitative estimate of drug-likeness (QED) is 0.715. The molecule has 0 atom stereocenters. The number of hydrogen-bond acceptors (Lipinski definition) is 3. The largest absolute Gasteiger partial charge is 0.496 e. The number of aromatic nitrogens is 2. The maximum atomic E-state index is 5.78. The summed E-state index contributed by atoms with van der Waals surface area (Å²) in [5.41, 5.74) is 10.7. The molecule has 0 aliphatic carbocycles. The summed E-state index contributed by atoms with van der Waals surface area (Å²) in [4.78, 5) is 7.97. The van der Waals surface area contributed by atoms with Gasteiger partial charge in [0.05, 0.1) is 23.7 Å². The van der Waals surface area contributed by atoms with Crippen molar-refractivity contribution in [3.05, 3.63) is 42.0 Å². The highest BCUT2D eigenvalue weighted by molar-refractivity contribution is 5.81. The minimum atomic E-state index is 0.676. The number of aromatic amines is 1. The maximum Gasteiger partial charge on any atom is 0.142 e. The Morgan fingerprint density at radius 1 is 1.20 bits per heavy atom. The lowest BCUT2D eigenvalue weighted by Gasteiger charge is -2.06. The number of nitrogens with two attached hydrogens (primary N) is 1. The second kappa shape index (κ2) is 4.89. The first kappa shape index (κ1) is 12.5. The molecule has 0 saturated heterocycles. The number of benzene rings is 2. The number of ether oxygens (including phenoxy) is 1. The van der Waals surface area contributed by atoms with Crippen LogP contribution in [0.4, 0.5) is 5.69 Å². The van der Waals surface area contributed by atoms with Crippen molar-refractivity contribution in [2.24, 2.45) is 0 Å². The number of H-pyrrole nitrogens is 1. The van der Waals surface area contributed by atoms with Gasteiger partial charge in [0.25, 0.3) is 0 Å². The normalized spacial score (nSPS) is 10.9. The molecule has 102 valence electrons. The molecule has 1 aromatic heterocycles. The van der Waals surface area contributed by atoms with Crippen molar-refractivity contribution in [3.8, 4) is 17.1 Å². The van der Waals surface area contributed by atoms with Gasteiger partial charge in [0.1, 0.15) is 11.6 Å². The summed E-state index contributed by atoms with van der Waals surface area (Å²) in [6.07, 6.45) is 1.01. The van der Waals surface area contributed by atoms with E-state index in [4.69, 9.17) is 10.5 Å². The Bertz CT molecular complexity index is 762. The second-order valence-electron chi connectivity index (χ2n) is 4.75. The van der Waals surface area contributed by atoms with Gasteiger partial charge in [-0.3, -0.25) is 0 Å². The van der Waals surface area contributed by atoms with Crippen LogP contribution in [0.2, 0.25) is 0 Å². The van der Waals surface area contributed by atoms with Gasteiger partial charge in [-0.15, -0.1) is 0 Å². The monoisotopic (exact) mass is 267 g/mol. The van der Waals surface area contributed by atoms with Gasteiger partial charge >= 0.3 is 0 Å². The minimum Gasteiger partial charge on any atom is -0.496 e. The first-order chi connectivity index (χ1) is 9.71. The summed E-state index contributed by atoms with van der Waals surface area (Å²) >= 11 is 0. The van der Waals surface area contributed by atoms with Gasteiger partial charge in [-0.1, -0.05) is 13.0 Å². The summed E-state index contributed by atoms with van der Waals surface area (Å²) in [5, 5.41) is 0. The molecule has 1 heterocycles. The number of nitrogens with zero attached hydrogens (tertiary/aromatic N) is 1. The number of nitrogens with one attached hydrogen (secondary N) is 1. The standard InChI is InChI=1S/C16H17N3O/c1-3-10-4-7-13-14(8-10)19-16(18-13)12-6-5-11(17)9-15(12)20-2/h4-9H,3,17H2,1-2H3,(H,18,19). The van der Waals surface area contributed by atoms with Crippen molar-refractivity contribution in [3.63, 3.8) is 0 Å². The van der Waals surface area contributed by atoms with Crippen molar-refractivity contribution in [2.75, 3.05) is 12.8 Å². The van der Waals surface area contributed by atoms with E-state index in [0.717, 1.165) is 34.6 Å². The fourth-order valence-electron chi connectivity index (χ4n) is 2.31. The van der Waals surface area contributed by atoms with Gasteiger partial charge in [-0.2, -0.15) is 0 Å². The average Bonchev–Trinajstić information content (AvgIpc) is 2.89. The number of methoxy groups -OCH3 is 1. The molecule has 0 saturated carbocycles. The summed E-state index contributed by atoms with van der Waals surface area (Å²) in [6.45, 7) is 2.14. The predicted octanol–water partition coefficient (Wildman–Crippen LogP) is 3.38. The molecule has 0 aliphatic heterocycles. The average molecular weight is 267 g/mol. The minimum absolute atomic E-state index is 0.676. The molecule has 0 spiro atoms. The molecule has 4 heteroatoms. The Balaban J connectivity index is 2.14. The van der Waals surface area contributed by atoms with Crippen LogP contribution in [-0.4, -0.2) is 17.1 Å². The Morgan fingerprint density at radius 2 is 2.05 bits per heavy atom. The molecule has 3 N–H and O–H groups in total. The fourth-order valence-corrected chi connectivity index (χ4v) is 2.31. The van der Waals surface area contributed by atoms with Crippen LogP contribution in [-0.2, 0) is 6.42 Å². The van der Waals surface area contributed by atoms with E-state index in [0.29, 0.717) is 5.69 Å². The topological polar surface area (TPSA) is 63.9 Å². The van der Waals surface area contributed by atoms with Gasteiger partial charge in [-0.05, 0) is 36.2 Å². The number of rotatable bonds is 3. The van der Waals surface area contributed by atoms with Crippen molar-refractivity contribution >= 4 is 16.7 Å². The van der Waals surface area contributed by atoms with Gasteiger partial charge in [0, 0.05) is 11.8 Å². The zero-order chi connectivity index (χ0) is 14.1. The van der Waals surface area contributed by atoms with Crippen molar-refractivity contribution in [2.45, 2.75) is 13.3 Å².